The maximum atomic E-state index is 2.65. The first-order chi connectivity index (χ1) is 7.84. The van der Waals surface area contributed by atoms with E-state index in [2.05, 4.69) is 69.9 Å². The molecule has 1 fully saturated rings. The van der Waals surface area contributed by atoms with Crippen LogP contribution in [0.15, 0.2) is 42.7 Å². The number of hydrogen-bond donors (Lipinski definition) is 0. The zero-order valence-electron chi connectivity index (χ0n) is 9.30. The predicted octanol–water partition coefficient (Wildman–Crippen LogP) is 3.30. The van der Waals surface area contributed by atoms with E-state index in [1.165, 1.54) is 19.3 Å². The van der Waals surface area contributed by atoms with Crippen LogP contribution in [0.3, 0.4) is 0 Å². The Labute approximate surface area is 111 Å². The van der Waals surface area contributed by atoms with Crippen LogP contribution in [-0.4, -0.2) is 3.92 Å². The molecule has 2 aliphatic rings. The highest BCUT2D eigenvalue weighted by Gasteiger charge is 2.40. The molecule has 0 radical (unpaired) electrons. The van der Waals surface area contributed by atoms with E-state index < -0.39 is 0 Å². The first-order valence-electron chi connectivity index (χ1n) is 6.11. The third-order valence-electron chi connectivity index (χ3n) is 4.01. The molecule has 1 heterocycles. The quantitative estimate of drug-likeness (QED) is 0.323. The van der Waals surface area contributed by atoms with Gasteiger partial charge in [-0.15, -0.1) is 0 Å². The second-order valence-corrected chi connectivity index (χ2v) is 6.57. The van der Waals surface area contributed by atoms with Gasteiger partial charge in [0.25, 0.3) is 0 Å². The van der Waals surface area contributed by atoms with E-state index in [0.717, 1.165) is 15.8 Å². The minimum absolute atomic E-state index is 0.686. The van der Waals surface area contributed by atoms with Crippen molar-refractivity contribution in [2.24, 2.45) is 11.8 Å². The highest BCUT2D eigenvalue weighted by Crippen LogP contribution is 2.43. The minimum Gasteiger partial charge on any atom is -0.201 e. The summed E-state index contributed by atoms with van der Waals surface area (Å²) in [7, 11) is 0. The summed E-state index contributed by atoms with van der Waals surface area (Å²) in [5, 5.41) is 0. The van der Waals surface area contributed by atoms with Crippen molar-refractivity contribution in [2.45, 2.75) is 29.2 Å². The van der Waals surface area contributed by atoms with E-state index in [-0.39, 0.29) is 0 Å². The van der Waals surface area contributed by atoms with Crippen LogP contribution in [-0.2, 0) is 0 Å². The molecular weight excluding hydrogens is 309 g/mol. The van der Waals surface area contributed by atoms with Crippen LogP contribution in [0.5, 0.6) is 0 Å². The highest BCUT2D eigenvalue weighted by atomic mass is 127. The van der Waals surface area contributed by atoms with E-state index in [0.29, 0.717) is 6.04 Å². The Kier molecular flexibility index (Phi) is 3.01. The van der Waals surface area contributed by atoms with Crippen molar-refractivity contribution in [3.63, 3.8) is 0 Å². The van der Waals surface area contributed by atoms with E-state index in [9.17, 15) is 0 Å². The van der Waals surface area contributed by atoms with Crippen LogP contribution in [0.25, 0.3) is 0 Å². The van der Waals surface area contributed by atoms with Crippen molar-refractivity contribution in [1.29, 1.82) is 0 Å². The van der Waals surface area contributed by atoms with Crippen LogP contribution in [0, 0.1) is 11.8 Å². The van der Waals surface area contributed by atoms with Gasteiger partial charge in [0.2, 0.25) is 0 Å². The second kappa shape index (κ2) is 4.47. The fraction of sp³-hybridized carbons (Fsp3) is 0.500. The third kappa shape index (κ3) is 1.92. The van der Waals surface area contributed by atoms with Crippen LogP contribution in [0.1, 0.15) is 25.3 Å². The topological polar surface area (TPSA) is 3.88 Å². The summed E-state index contributed by atoms with van der Waals surface area (Å²) < 4.78 is 3.19. The van der Waals surface area contributed by atoms with E-state index in [1.807, 2.05) is 0 Å². The number of halogens is 1. The Morgan fingerprint density at radius 2 is 1.88 bits per heavy atom. The lowest BCUT2D eigenvalue weighted by molar-refractivity contribution is -0.724. The molecule has 1 saturated carbocycles. The molecule has 2 heteroatoms. The Morgan fingerprint density at radius 1 is 1.06 bits per heavy atom. The number of nitrogens with zero attached hydrogens (tertiary/aromatic N) is 1. The van der Waals surface area contributed by atoms with Gasteiger partial charge in [-0.1, -0.05) is 40.8 Å². The summed E-state index contributed by atoms with van der Waals surface area (Å²) in [5.41, 5.74) is 0. The monoisotopic (exact) mass is 326 g/mol. The molecule has 0 N–H and O–H groups in total. The summed E-state index contributed by atoms with van der Waals surface area (Å²) in [5.74, 6) is 1.77. The fourth-order valence-electron chi connectivity index (χ4n) is 3.12. The van der Waals surface area contributed by atoms with Crippen molar-refractivity contribution >= 4 is 22.6 Å². The van der Waals surface area contributed by atoms with Gasteiger partial charge in [0.1, 0.15) is 0 Å². The molecule has 1 aromatic rings. The van der Waals surface area contributed by atoms with Gasteiger partial charge in [-0.3, -0.25) is 0 Å². The summed E-state index contributed by atoms with van der Waals surface area (Å²) in [4.78, 5) is 0. The molecule has 16 heavy (non-hydrogen) atoms. The number of aromatic nitrogens is 1. The summed E-state index contributed by atoms with van der Waals surface area (Å²) in [6, 6.07) is 7.06. The average molecular weight is 326 g/mol. The predicted molar refractivity (Wildman–Crippen MR) is 73.5 cm³/mol. The van der Waals surface area contributed by atoms with Gasteiger partial charge in [-0.05, 0) is 24.7 Å². The van der Waals surface area contributed by atoms with Crippen LogP contribution in [0.2, 0.25) is 0 Å². The van der Waals surface area contributed by atoms with Crippen LogP contribution < -0.4 is 4.57 Å². The molecule has 1 nitrogen and oxygen atoms in total. The molecule has 84 valence electrons. The second-order valence-electron chi connectivity index (χ2n) is 4.97. The maximum Gasteiger partial charge on any atom is 0.170 e. The fourth-order valence-corrected chi connectivity index (χ4v) is 4.43. The van der Waals surface area contributed by atoms with Crippen LogP contribution in [0.4, 0.5) is 0 Å². The molecule has 3 rings (SSSR count). The summed E-state index contributed by atoms with van der Waals surface area (Å²) in [6.45, 7) is 0. The molecule has 2 aliphatic carbocycles. The molecular formula is C14H17IN+. The SMILES string of the molecule is I[C@@H]1C[C@H]2CC=C[C@@H]2C[C@@H]1[n+]1ccccc1. The molecule has 1 aromatic heterocycles. The number of alkyl halides is 1. The van der Waals surface area contributed by atoms with Crippen molar-refractivity contribution in [3.8, 4) is 0 Å². The van der Waals surface area contributed by atoms with Gasteiger partial charge in [-0.25, -0.2) is 4.57 Å². The molecule has 0 bridgehead atoms. The van der Waals surface area contributed by atoms with Gasteiger partial charge in [0.05, 0.1) is 3.92 Å². The highest BCUT2D eigenvalue weighted by molar-refractivity contribution is 14.1. The summed E-state index contributed by atoms with van der Waals surface area (Å²) >= 11 is 2.65. The number of hydrogen-bond acceptors (Lipinski definition) is 0. The molecule has 4 atom stereocenters. The molecule has 0 aromatic carbocycles. The molecule has 0 saturated heterocycles. The molecule has 0 spiro atoms. The van der Waals surface area contributed by atoms with Crippen molar-refractivity contribution in [3.05, 3.63) is 42.7 Å². The number of rotatable bonds is 1. The zero-order chi connectivity index (χ0) is 11.0. The molecule has 0 aliphatic heterocycles. The summed E-state index contributed by atoms with van der Waals surface area (Å²) in [6.07, 6.45) is 13.3. The lowest BCUT2D eigenvalue weighted by atomic mass is 9.79. The van der Waals surface area contributed by atoms with E-state index in [4.69, 9.17) is 0 Å². The van der Waals surface area contributed by atoms with Crippen molar-refractivity contribution in [1.82, 2.24) is 0 Å². The van der Waals surface area contributed by atoms with E-state index in [1.54, 1.807) is 0 Å². The van der Waals surface area contributed by atoms with Gasteiger partial charge in [0, 0.05) is 18.6 Å². The number of fused-ring (bicyclic) bond motifs is 1. The van der Waals surface area contributed by atoms with E-state index >= 15 is 0 Å². The van der Waals surface area contributed by atoms with Gasteiger partial charge in [0.15, 0.2) is 18.4 Å². The first-order valence-corrected chi connectivity index (χ1v) is 7.35. The van der Waals surface area contributed by atoms with Gasteiger partial charge in [-0.2, -0.15) is 0 Å². The zero-order valence-corrected chi connectivity index (χ0v) is 11.5. The first kappa shape index (κ1) is 10.8. The lowest BCUT2D eigenvalue weighted by Crippen LogP contribution is -2.47. The standard InChI is InChI=1S/C14H17IN/c15-13-9-11-5-4-6-12(11)10-14(13)16-7-2-1-3-8-16/h1-4,6-8,11-14H,5,9-10H2/q+1/t11-,12-,13-,14+/m1/s1. The minimum atomic E-state index is 0.686. The molecule has 0 unspecified atom stereocenters. The Bertz CT molecular complexity index is 387. The largest absolute Gasteiger partial charge is 0.201 e. The number of allylic oxidation sites excluding steroid dienone is 2. The molecule has 0 amide bonds. The van der Waals surface area contributed by atoms with Crippen LogP contribution >= 0.6 is 22.6 Å². The average Bonchev–Trinajstić information content (AvgIpc) is 2.76. The number of pyridine rings is 1. The Hall–Kier alpha value is -0.380. The third-order valence-corrected chi connectivity index (χ3v) is 5.35. The van der Waals surface area contributed by atoms with Gasteiger partial charge >= 0.3 is 0 Å². The lowest BCUT2D eigenvalue weighted by Gasteiger charge is -2.32. The Morgan fingerprint density at radius 3 is 2.69 bits per heavy atom. The Balaban J connectivity index is 1.83. The normalized spacial score (nSPS) is 37.3. The maximum absolute atomic E-state index is 2.65. The van der Waals surface area contributed by atoms with Gasteiger partial charge < -0.3 is 0 Å². The smallest absolute Gasteiger partial charge is 0.170 e. The van der Waals surface area contributed by atoms with Crippen molar-refractivity contribution in [2.75, 3.05) is 0 Å². The van der Waals surface area contributed by atoms with Crippen molar-refractivity contribution < 1.29 is 4.57 Å².